The van der Waals surface area contributed by atoms with E-state index in [1.807, 2.05) is 0 Å². The van der Waals surface area contributed by atoms with Gasteiger partial charge in [0, 0.05) is 25.4 Å². The molecule has 1 aliphatic heterocycles. The van der Waals surface area contributed by atoms with E-state index in [4.69, 9.17) is 9.47 Å². The van der Waals surface area contributed by atoms with E-state index >= 15 is 0 Å². The summed E-state index contributed by atoms with van der Waals surface area (Å²) < 4.78 is 10.7. The second kappa shape index (κ2) is 8.96. The number of carbonyl (C=O) groups excluding carboxylic acids is 1. The highest BCUT2D eigenvalue weighted by molar-refractivity contribution is 5.83. The highest BCUT2D eigenvalue weighted by Crippen LogP contribution is 2.24. The Bertz CT molecular complexity index is 876. The van der Waals surface area contributed by atoms with Crippen molar-refractivity contribution in [3.8, 4) is 11.5 Å². The van der Waals surface area contributed by atoms with Crippen molar-refractivity contribution in [1.29, 1.82) is 0 Å². The average molecular weight is 384 g/mol. The zero-order valence-electron chi connectivity index (χ0n) is 14.9. The number of hydrogen-bond acceptors (Lipinski definition) is 7. The predicted octanol–water partition coefficient (Wildman–Crippen LogP) is 1.66. The van der Waals surface area contributed by atoms with Crippen LogP contribution in [0.15, 0.2) is 47.5 Å². The van der Waals surface area contributed by atoms with Crippen molar-refractivity contribution >= 4 is 23.5 Å². The summed E-state index contributed by atoms with van der Waals surface area (Å²) in [5, 5.41) is 22.2. The van der Waals surface area contributed by atoms with E-state index in [2.05, 4.69) is 4.99 Å². The van der Waals surface area contributed by atoms with Crippen molar-refractivity contribution < 1.29 is 24.3 Å². The molecular weight excluding hydrogens is 366 g/mol. The average Bonchev–Trinajstić information content (AvgIpc) is 2.72. The van der Waals surface area contributed by atoms with Gasteiger partial charge in [0.1, 0.15) is 5.75 Å². The highest BCUT2D eigenvalue weighted by atomic mass is 16.6. The summed E-state index contributed by atoms with van der Waals surface area (Å²) in [5.41, 5.74) is 0.557. The largest absolute Gasteiger partial charge is 0.868 e. The minimum atomic E-state index is -0.718. The number of morpholine rings is 1. The maximum Gasteiger partial charge on any atom is 0.262 e. The van der Waals surface area contributed by atoms with Crippen molar-refractivity contribution in [2.45, 2.75) is 0 Å². The third-order valence-corrected chi connectivity index (χ3v) is 4.11. The minimum Gasteiger partial charge on any atom is -0.868 e. The standard InChI is InChI=1S/C19H19N3O6/c23-18-6-1-14(11-17(18)22(25)26)12-20-15-2-4-16(5-3-15)28-13-19(24)21-7-9-27-10-8-21/h1-6,11-12,23H,7-10,13H2/p-1. The van der Waals surface area contributed by atoms with Crippen LogP contribution in [0.4, 0.5) is 11.4 Å². The molecule has 3 rings (SSSR count). The molecule has 0 atom stereocenters. The highest BCUT2D eigenvalue weighted by Gasteiger charge is 2.17. The van der Waals surface area contributed by atoms with Gasteiger partial charge in [0.25, 0.3) is 11.6 Å². The SMILES string of the molecule is O=C(COc1ccc(N=Cc2ccc([O-])c([N+](=O)[O-])c2)cc1)N1CCOCC1. The van der Waals surface area contributed by atoms with Gasteiger partial charge >= 0.3 is 0 Å². The molecule has 9 heteroatoms. The number of amides is 1. The number of ether oxygens (including phenoxy) is 2. The Morgan fingerprint density at radius 3 is 2.61 bits per heavy atom. The van der Waals surface area contributed by atoms with E-state index < -0.39 is 16.4 Å². The zero-order valence-corrected chi connectivity index (χ0v) is 14.9. The molecule has 0 saturated carbocycles. The normalized spacial score (nSPS) is 14.2. The van der Waals surface area contributed by atoms with Crippen molar-refractivity contribution in [3.05, 3.63) is 58.1 Å². The molecule has 2 aromatic rings. The molecule has 0 aromatic heterocycles. The van der Waals surface area contributed by atoms with Crippen molar-refractivity contribution in [2.24, 2.45) is 4.99 Å². The van der Waals surface area contributed by atoms with Crippen molar-refractivity contribution in [2.75, 3.05) is 32.9 Å². The van der Waals surface area contributed by atoms with Crippen LogP contribution in [0.3, 0.4) is 0 Å². The van der Waals surface area contributed by atoms with E-state index in [-0.39, 0.29) is 12.5 Å². The minimum absolute atomic E-state index is 0.0478. The lowest BCUT2D eigenvalue weighted by Crippen LogP contribution is -2.42. The smallest absolute Gasteiger partial charge is 0.262 e. The van der Waals surface area contributed by atoms with E-state index in [1.54, 1.807) is 29.2 Å². The molecule has 1 amide bonds. The third-order valence-electron chi connectivity index (χ3n) is 4.11. The van der Waals surface area contributed by atoms with Gasteiger partial charge < -0.3 is 19.5 Å². The van der Waals surface area contributed by atoms with Crippen molar-refractivity contribution in [1.82, 2.24) is 4.90 Å². The lowest BCUT2D eigenvalue weighted by Gasteiger charge is -2.26. The summed E-state index contributed by atoms with van der Waals surface area (Å²) in [5.74, 6) is -0.198. The number of benzene rings is 2. The van der Waals surface area contributed by atoms with E-state index in [9.17, 15) is 20.0 Å². The van der Waals surface area contributed by atoms with Gasteiger partial charge in [0.15, 0.2) is 6.61 Å². The number of hydrogen-bond donors (Lipinski definition) is 0. The number of carbonyl (C=O) groups is 1. The van der Waals surface area contributed by atoms with E-state index in [1.165, 1.54) is 18.3 Å². The van der Waals surface area contributed by atoms with Crippen LogP contribution >= 0.6 is 0 Å². The molecule has 0 bridgehead atoms. The van der Waals surface area contributed by atoms with Crippen molar-refractivity contribution in [3.63, 3.8) is 0 Å². The molecule has 1 saturated heterocycles. The monoisotopic (exact) mass is 384 g/mol. The molecular formula is C19H18N3O6-. The topological polar surface area (TPSA) is 117 Å². The number of nitrogens with zero attached hydrogens (tertiary/aromatic N) is 3. The summed E-state index contributed by atoms with van der Waals surface area (Å²) in [6.45, 7) is 2.18. The first-order valence-electron chi connectivity index (χ1n) is 8.61. The summed E-state index contributed by atoms with van der Waals surface area (Å²) in [6.07, 6.45) is 1.43. The van der Waals surface area contributed by atoms with E-state index in [0.29, 0.717) is 43.3 Å². The van der Waals surface area contributed by atoms with Gasteiger partial charge in [-0.05, 0) is 35.6 Å². The number of nitro benzene ring substituents is 1. The summed E-state index contributed by atoms with van der Waals surface area (Å²) in [6, 6.07) is 10.5. The van der Waals surface area contributed by atoms with Crippen LogP contribution < -0.4 is 9.84 Å². The molecule has 2 aromatic carbocycles. The van der Waals surface area contributed by atoms with Gasteiger partial charge in [-0.3, -0.25) is 19.9 Å². The van der Waals surface area contributed by atoms with Crippen LogP contribution in [0, 0.1) is 10.1 Å². The molecule has 1 heterocycles. The van der Waals surface area contributed by atoms with Gasteiger partial charge in [0.05, 0.1) is 23.8 Å². The first-order valence-corrected chi connectivity index (χ1v) is 8.61. The fourth-order valence-corrected chi connectivity index (χ4v) is 2.58. The Kier molecular flexibility index (Phi) is 6.18. The Morgan fingerprint density at radius 1 is 1.21 bits per heavy atom. The summed E-state index contributed by atoms with van der Waals surface area (Å²) in [7, 11) is 0. The molecule has 1 aliphatic rings. The quantitative estimate of drug-likeness (QED) is 0.425. The first kappa shape index (κ1) is 19.3. The Labute approximate surface area is 161 Å². The fraction of sp³-hybridized carbons (Fsp3) is 0.263. The Balaban J connectivity index is 1.57. The number of rotatable bonds is 6. The van der Waals surface area contributed by atoms with Crippen LogP contribution in [0.2, 0.25) is 0 Å². The molecule has 146 valence electrons. The molecule has 0 radical (unpaired) electrons. The van der Waals surface area contributed by atoms with Gasteiger partial charge in [-0.25, -0.2) is 0 Å². The summed E-state index contributed by atoms with van der Waals surface area (Å²) in [4.78, 5) is 28.1. The Morgan fingerprint density at radius 2 is 1.93 bits per heavy atom. The predicted molar refractivity (Wildman–Crippen MR) is 99.1 cm³/mol. The molecule has 28 heavy (non-hydrogen) atoms. The molecule has 0 spiro atoms. The maximum absolute atomic E-state index is 12.0. The van der Waals surface area contributed by atoms with Crippen LogP contribution in [0.1, 0.15) is 5.56 Å². The van der Waals surface area contributed by atoms with Crippen LogP contribution in [-0.2, 0) is 9.53 Å². The Hall–Kier alpha value is -3.46. The number of aliphatic imine (C=N–C) groups is 1. The van der Waals surface area contributed by atoms with Crippen LogP contribution in [-0.4, -0.2) is 54.9 Å². The second-order valence-corrected chi connectivity index (χ2v) is 6.02. The van der Waals surface area contributed by atoms with Gasteiger partial charge in [-0.2, -0.15) is 0 Å². The molecule has 0 unspecified atom stereocenters. The fourth-order valence-electron chi connectivity index (χ4n) is 2.58. The lowest BCUT2D eigenvalue weighted by molar-refractivity contribution is -0.398. The molecule has 0 aliphatic carbocycles. The zero-order chi connectivity index (χ0) is 19.9. The van der Waals surface area contributed by atoms with E-state index in [0.717, 1.165) is 6.07 Å². The molecule has 9 nitrogen and oxygen atoms in total. The summed E-state index contributed by atoms with van der Waals surface area (Å²) >= 11 is 0. The van der Waals surface area contributed by atoms with Gasteiger partial charge in [0.2, 0.25) is 0 Å². The van der Waals surface area contributed by atoms with Gasteiger partial charge in [-0.1, -0.05) is 12.1 Å². The lowest BCUT2D eigenvalue weighted by atomic mass is 10.2. The molecule has 1 fully saturated rings. The first-order chi connectivity index (χ1) is 13.5. The van der Waals surface area contributed by atoms with Crippen LogP contribution in [0.25, 0.3) is 0 Å². The second-order valence-electron chi connectivity index (χ2n) is 6.02. The maximum atomic E-state index is 12.0. The number of nitro groups is 1. The molecule has 0 N–H and O–H groups in total. The third kappa shape index (κ3) is 5.04. The van der Waals surface area contributed by atoms with Crippen LogP contribution in [0.5, 0.6) is 11.5 Å². The van der Waals surface area contributed by atoms with Gasteiger partial charge in [-0.15, -0.1) is 0 Å².